The Balaban J connectivity index is 1.12. The van der Waals surface area contributed by atoms with Gasteiger partial charge in [-0.05, 0) is 48.4 Å². The van der Waals surface area contributed by atoms with Crippen LogP contribution in [0.25, 0.3) is 21.8 Å². The fourth-order valence-corrected chi connectivity index (χ4v) is 5.55. The molecule has 2 aromatic heterocycles. The molecule has 0 saturated carbocycles. The maximum Gasteiger partial charge on any atom is 0.269 e. The van der Waals surface area contributed by atoms with Crippen LogP contribution in [0.15, 0.2) is 65.0 Å². The highest BCUT2D eigenvalue weighted by atomic mass is 35.5. The van der Waals surface area contributed by atoms with Gasteiger partial charge >= 0.3 is 0 Å². The van der Waals surface area contributed by atoms with E-state index < -0.39 is 11.7 Å². The SMILES string of the molecule is COc1cc2c(Oc3ccc(CC(=O)N=Nc4c(O)[nH]c5cc(Cl)c(Cl)cc45)cc3F)ccnc2cc1OCCCN1CCOCC1. The predicted octanol–water partition coefficient (Wildman–Crippen LogP) is 7.62. The lowest BCUT2D eigenvalue weighted by Gasteiger charge is -2.26. The normalized spacial score (nSPS) is 13.9. The summed E-state index contributed by atoms with van der Waals surface area (Å²) in [6, 6.07) is 12.4. The molecule has 0 aliphatic carbocycles. The first-order valence-corrected chi connectivity index (χ1v) is 15.5. The van der Waals surface area contributed by atoms with Crippen molar-refractivity contribution in [1.82, 2.24) is 14.9 Å². The number of carbonyl (C=O) groups excluding carboxylic acids is 1. The van der Waals surface area contributed by atoms with Crippen LogP contribution in [-0.4, -0.2) is 72.4 Å². The van der Waals surface area contributed by atoms with Gasteiger partial charge in [-0.3, -0.25) is 14.7 Å². The van der Waals surface area contributed by atoms with Crippen molar-refractivity contribution in [3.05, 3.63) is 76.2 Å². The number of pyridine rings is 1. The number of morpholine rings is 1. The number of H-pyrrole nitrogens is 1. The number of aromatic amines is 1. The third-order valence-corrected chi connectivity index (χ3v) is 8.32. The number of fused-ring (bicyclic) bond motifs is 2. The van der Waals surface area contributed by atoms with Crippen LogP contribution in [0.2, 0.25) is 10.0 Å². The number of azo groups is 1. The van der Waals surface area contributed by atoms with E-state index in [1.54, 1.807) is 37.6 Å². The maximum atomic E-state index is 15.2. The number of methoxy groups -OCH3 is 1. The van der Waals surface area contributed by atoms with Crippen LogP contribution in [0.4, 0.5) is 10.1 Å². The molecule has 244 valence electrons. The first kappa shape index (κ1) is 32.5. The molecule has 1 aliphatic heterocycles. The Kier molecular flexibility index (Phi) is 10.0. The second kappa shape index (κ2) is 14.5. The van der Waals surface area contributed by atoms with E-state index in [1.807, 2.05) is 0 Å². The van der Waals surface area contributed by atoms with E-state index in [9.17, 15) is 9.90 Å². The quantitative estimate of drug-likeness (QED) is 0.108. The van der Waals surface area contributed by atoms with E-state index in [2.05, 4.69) is 25.1 Å². The molecule has 1 amide bonds. The van der Waals surface area contributed by atoms with Gasteiger partial charge in [0.1, 0.15) is 5.75 Å². The van der Waals surface area contributed by atoms with Gasteiger partial charge < -0.3 is 29.0 Å². The third kappa shape index (κ3) is 7.57. The molecule has 14 heteroatoms. The van der Waals surface area contributed by atoms with Crippen LogP contribution in [0.3, 0.4) is 0 Å². The molecular formula is C33H30Cl2FN5O6. The van der Waals surface area contributed by atoms with Crippen molar-refractivity contribution in [2.75, 3.05) is 46.6 Å². The van der Waals surface area contributed by atoms with Crippen molar-refractivity contribution in [3.8, 4) is 28.9 Å². The summed E-state index contributed by atoms with van der Waals surface area (Å²) >= 11 is 12.1. The molecule has 0 bridgehead atoms. The zero-order valence-electron chi connectivity index (χ0n) is 25.3. The van der Waals surface area contributed by atoms with Crippen LogP contribution in [-0.2, 0) is 16.0 Å². The van der Waals surface area contributed by atoms with Crippen LogP contribution < -0.4 is 14.2 Å². The topological polar surface area (TPSA) is 131 Å². The Morgan fingerprint density at radius 3 is 2.64 bits per heavy atom. The molecule has 1 saturated heterocycles. The average Bonchev–Trinajstić information content (AvgIpc) is 3.36. The molecule has 5 aromatic rings. The van der Waals surface area contributed by atoms with Crippen LogP contribution in [0.1, 0.15) is 12.0 Å². The van der Waals surface area contributed by atoms with E-state index in [0.29, 0.717) is 51.2 Å². The number of amides is 1. The molecule has 0 radical (unpaired) electrons. The first-order valence-electron chi connectivity index (χ1n) is 14.8. The van der Waals surface area contributed by atoms with E-state index in [0.717, 1.165) is 39.3 Å². The van der Waals surface area contributed by atoms with E-state index >= 15 is 4.39 Å². The molecule has 3 aromatic carbocycles. The molecule has 1 fully saturated rings. The van der Waals surface area contributed by atoms with Gasteiger partial charge in [0.05, 0.1) is 54.4 Å². The van der Waals surface area contributed by atoms with Gasteiger partial charge in [0.25, 0.3) is 5.91 Å². The van der Waals surface area contributed by atoms with Gasteiger partial charge in [-0.15, -0.1) is 10.2 Å². The number of nitrogens with zero attached hydrogens (tertiary/aromatic N) is 4. The molecule has 1 aliphatic rings. The second-order valence-corrected chi connectivity index (χ2v) is 11.6. The van der Waals surface area contributed by atoms with Gasteiger partial charge in [0.15, 0.2) is 28.8 Å². The van der Waals surface area contributed by atoms with Gasteiger partial charge in [-0.2, -0.15) is 0 Å². The predicted molar refractivity (Wildman–Crippen MR) is 175 cm³/mol. The molecule has 6 rings (SSSR count). The lowest BCUT2D eigenvalue weighted by molar-refractivity contribution is -0.117. The summed E-state index contributed by atoms with van der Waals surface area (Å²) in [4.78, 5) is 22.1. The number of aromatic nitrogens is 2. The first-order chi connectivity index (χ1) is 22.8. The standard InChI is InChI=1S/C33H30Cl2FN5O6/c1-44-29-16-20-25(18-30(29)46-10-2-7-41-8-11-45-12-9-41)37-6-5-27(20)47-28-4-3-19(13-24(28)36)14-31(42)39-40-32-21-15-22(34)23(35)17-26(21)38-33(32)43/h3-6,13,15-18,38,43H,2,7-12,14H2,1H3. The summed E-state index contributed by atoms with van der Waals surface area (Å²) in [6.07, 6.45) is 2.18. The molecule has 0 atom stereocenters. The van der Waals surface area contributed by atoms with Gasteiger partial charge in [-0.25, -0.2) is 4.39 Å². The summed E-state index contributed by atoms with van der Waals surface area (Å²) in [5.41, 5.74) is 1.45. The zero-order chi connectivity index (χ0) is 32.9. The molecule has 0 spiro atoms. The van der Waals surface area contributed by atoms with Crippen molar-refractivity contribution < 1.29 is 33.2 Å². The molecule has 11 nitrogen and oxygen atoms in total. The maximum absolute atomic E-state index is 15.2. The summed E-state index contributed by atoms with van der Waals surface area (Å²) in [5, 5.41) is 19.4. The monoisotopic (exact) mass is 681 g/mol. The molecule has 47 heavy (non-hydrogen) atoms. The summed E-state index contributed by atoms with van der Waals surface area (Å²) < 4.78 is 38.1. The average molecular weight is 683 g/mol. The number of benzene rings is 3. The molecular weight excluding hydrogens is 652 g/mol. The highest BCUT2D eigenvalue weighted by molar-refractivity contribution is 6.43. The van der Waals surface area contributed by atoms with Crippen LogP contribution >= 0.6 is 23.2 Å². The number of halogens is 3. The van der Waals surface area contributed by atoms with E-state index in [1.165, 1.54) is 24.3 Å². The van der Waals surface area contributed by atoms with Crippen molar-refractivity contribution in [3.63, 3.8) is 0 Å². The second-order valence-electron chi connectivity index (χ2n) is 10.8. The molecule has 2 N–H and O–H groups in total. The third-order valence-electron chi connectivity index (χ3n) is 7.59. The van der Waals surface area contributed by atoms with Crippen LogP contribution in [0.5, 0.6) is 28.9 Å². The van der Waals surface area contributed by atoms with E-state index in [4.69, 9.17) is 42.1 Å². The Morgan fingerprint density at radius 1 is 1.04 bits per heavy atom. The van der Waals surface area contributed by atoms with Gasteiger partial charge in [0.2, 0.25) is 5.88 Å². The number of carbonyl (C=O) groups is 1. The molecule has 0 unspecified atom stereocenters. The van der Waals surface area contributed by atoms with Gasteiger partial charge in [-0.1, -0.05) is 29.3 Å². The molecule has 3 heterocycles. The number of nitrogens with one attached hydrogen (secondary N) is 1. The highest BCUT2D eigenvalue weighted by Gasteiger charge is 2.17. The Labute approximate surface area is 278 Å². The van der Waals surface area contributed by atoms with Crippen molar-refractivity contribution >= 4 is 56.6 Å². The number of aromatic hydroxyl groups is 1. The number of hydrogen-bond donors (Lipinski definition) is 2. The number of ether oxygens (including phenoxy) is 4. The Morgan fingerprint density at radius 2 is 1.85 bits per heavy atom. The summed E-state index contributed by atoms with van der Waals surface area (Å²) in [5.74, 6) is -0.258. The minimum Gasteiger partial charge on any atom is -0.493 e. The Hall–Kier alpha value is -4.49. The minimum atomic E-state index is -0.676. The fraction of sp³-hybridized carbons (Fsp3) is 0.273. The van der Waals surface area contributed by atoms with Gasteiger partial charge in [0, 0.05) is 42.7 Å². The zero-order valence-corrected chi connectivity index (χ0v) is 26.8. The number of rotatable bonds is 11. The van der Waals surface area contributed by atoms with E-state index in [-0.39, 0.29) is 33.8 Å². The highest BCUT2D eigenvalue weighted by Crippen LogP contribution is 2.40. The number of hydrogen-bond acceptors (Lipinski definition) is 9. The van der Waals surface area contributed by atoms with Crippen molar-refractivity contribution in [1.29, 1.82) is 0 Å². The van der Waals surface area contributed by atoms with Crippen molar-refractivity contribution in [2.24, 2.45) is 10.2 Å². The lowest BCUT2D eigenvalue weighted by atomic mass is 10.1. The smallest absolute Gasteiger partial charge is 0.269 e. The fourth-order valence-electron chi connectivity index (χ4n) is 5.22. The summed E-state index contributed by atoms with van der Waals surface area (Å²) in [6.45, 7) is 4.77. The lowest BCUT2D eigenvalue weighted by Crippen LogP contribution is -2.37. The van der Waals surface area contributed by atoms with Crippen LogP contribution in [0, 0.1) is 5.82 Å². The Bertz CT molecular complexity index is 1960. The minimum absolute atomic E-state index is 0.0329. The summed E-state index contributed by atoms with van der Waals surface area (Å²) in [7, 11) is 1.55. The largest absolute Gasteiger partial charge is 0.493 e. The van der Waals surface area contributed by atoms with Crippen molar-refractivity contribution in [2.45, 2.75) is 12.8 Å².